The second-order valence-corrected chi connectivity index (χ2v) is 8.05. The maximum absolute atomic E-state index is 12.7. The summed E-state index contributed by atoms with van der Waals surface area (Å²) in [6.07, 6.45) is 0.171. The van der Waals surface area contributed by atoms with Crippen LogP contribution in [0, 0.1) is 0 Å². The number of fused-ring (bicyclic) bond motifs is 1. The van der Waals surface area contributed by atoms with Gasteiger partial charge in [0.25, 0.3) is 11.8 Å². The lowest BCUT2D eigenvalue weighted by molar-refractivity contribution is -0.125. The van der Waals surface area contributed by atoms with Crippen LogP contribution in [0.1, 0.15) is 22.8 Å². The van der Waals surface area contributed by atoms with Gasteiger partial charge in [-0.2, -0.15) is 0 Å². The molecule has 0 spiro atoms. The van der Waals surface area contributed by atoms with Crippen LogP contribution >= 0.6 is 15.9 Å². The summed E-state index contributed by atoms with van der Waals surface area (Å²) < 4.78 is 6.66. The highest BCUT2D eigenvalue weighted by molar-refractivity contribution is 9.10. The monoisotopic (exact) mass is 464 g/mol. The van der Waals surface area contributed by atoms with Gasteiger partial charge in [0, 0.05) is 28.3 Å². The van der Waals surface area contributed by atoms with E-state index in [0.717, 1.165) is 16.6 Å². The van der Waals surface area contributed by atoms with Gasteiger partial charge in [-0.05, 0) is 49.2 Å². The molecule has 30 heavy (non-hydrogen) atoms. The van der Waals surface area contributed by atoms with Crippen LogP contribution in [-0.2, 0) is 11.2 Å². The van der Waals surface area contributed by atoms with Gasteiger partial charge in [0.05, 0.1) is 5.69 Å². The van der Waals surface area contributed by atoms with Gasteiger partial charge in [-0.1, -0.05) is 52.3 Å². The molecule has 1 unspecified atom stereocenters. The molecule has 1 atom stereocenters. The molecule has 1 aliphatic heterocycles. The first-order valence-electron chi connectivity index (χ1n) is 9.74. The molecule has 0 saturated heterocycles. The average Bonchev–Trinajstić information content (AvgIpc) is 2.75. The molecule has 1 aliphatic rings. The second-order valence-electron chi connectivity index (χ2n) is 7.13. The van der Waals surface area contributed by atoms with Crippen LogP contribution in [0.4, 0.5) is 11.4 Å². The van der Waals surface area contributed by atoms with Crippen molar-refractivity contribution in [3.05, 3.63) is 88.4 Å². The van der Waals surface area contributed by atoms with Gasteiger partial charge < -0.3 is 15.0 Å². The molecule has 0 saturated carbocycles. The quantitative estimate of drug-likeness (QED) is 0.573. The lowest BCUT2D eigenvalue weighted by Gasteiger charge is -2.33. The molecule has 1 N–H and O–H groups in total. The Bertz CT molecular complexity index is 1080. The normalized spacial score (nSPS) is 15.3. The minimum Gasteiger partial charge on any atom is -0.479 e. The molecule has 152 valence electrons. The summed E-state index contributed by atoms with van der Waals surface area (Å²) in [5.74, 6) is 0.309. The van der Waals surface area contributed by atoms with Crippen molar-refractivity contribution >= 4 is 39.1 Å². The van der Waals surface area contributed by atoms with Crippen LogP contribution in [0.25, 0.3) is 0 Å². The number of nitrogens with zero attached hydrogens (tertiary/aromatic N) is 1. The smallest absolute Gasteiger partial charge is 0.267 e. The fourth-order valence-corrected chi connectivity index (χ4v) is 3.84. The molecule has 2 amide bonds. The Balaban J connectivity index is 1.54. The largest absolute Gasteiger partial charge is 0.479 e. The predicted octanol–water partition coefficient (Wildman–Crippen LogP) is 5.06. The van der Waals surface area contributed by atoms with Crippen molar-refractivity contribution in [2.24, 2.45) is 0 Å². The molecule has 0 bridgehead atoms. The van der Waals surface area contributed by atoms with E-state index in [1.165, 1.54) is 5.56 Å². The van der Waals surface area contributed by atoms with Gasteiger partial charge in [-0.15, -0.1) is 0 Å². The van der Waals surface area contributed by atoms with Gasteiger partial charge in [0.2, 0.25) is 0 Å². The fraction of sp³-hybridized carbons (Fsp3) is 0.167. The Labute approximate surface area is 183 Å². The second kappa shape index (κ2) is 8.71. The van der Waals surface area contributed by atoms with E-state index in [4.69, 9.17) is 4.74 Å². The number of rotatable bonds is 5. The van der Waals surface area contributed by atoms with Gasteiger partial charge in [0.1, 0.15) is 5.75 Å². The van der Waals surface area contributed by atoms with E-state index in [1.807, 2.05) is 36.4 Å². The summed E-state index contributed by atoms with van der Waals surface area (Å²) in [6, 6.07) is 22.6. The number of carbonyl (C=O) groups is 2. The molecule has 3 aromatic carbocycles. The van der Waals surface area contributed by atoms with Crippen molar-refractivity contribution in [3.63, 3.8) is 0 Å². The van der Waals surface area contributed by atoms with Crippen molar-refractivity contribution in [3.8, 4) is 5.75 Å². The number of halogens is 1. The van der Waals surface area contributed by atoms with Gasteiger partial charge in [-0.25, -0.2) is 0 Å². The predicted molar refractivity (Wildman–Crippen MR) is 121 cm³/mol. The van der Waals surface area contributed by atoms with E-state index < -0.39 is 6.10 Å². The van der Waals surface area contributed by atoms with Crippen molar-refractivity contribution in [2.75, 3.05) is 16.8 Å². The number of ether oxygens (including phenoxy) is 1. The molecule has 0 aliphatic carbocycles. The molecule has 0 fully saturated rings. The molecule has 1 heterocycles. The number of hydrogen-bond acceptors (Lipinski definition) is 3. The van der Waals surface area contributed by atoms with Crippen LogP contribution in [0.2, 0.25) is 0 Å². The maximum atomic E-state index is 12.7. The van der Waals surface area contributed by atoms with Gasteiger partial charge in [-0.3, -0.25) is 9.59 Å². The highest BCUT2D eigenvalue weighted by atomic mass is 79.9. The Kier molecular flexibility index (Phi) is 5.86. The zero-order valence-corrected chi connectivity index (χ0v) is 18.1. The topological polar surface area (TPSA) is 58.6 Å². The molecule has 0 aromatic heterocycles. The number of hydrogen-bond donors (Lipinski definition) is 1. The van der Waals surface area contributed by atoms with Gasteiger partial charge in [0.15, 0.2) is 6.10 Å². The highest BCUT2D eigenvalue weighted by Gasteiger charge is 2.31. The number of benzene rings is 3. The van der Waals surface area contributed by atoms with Crippen LogP contribution in [-0.4, -0.2) is 24.5 Å². The van der Waals surface area contributed by atoms with Crippen LogP contribution in [0.15, 0.2) is 77.3 Å². The molecular weight excluding hydrogens is 444 g/mol. The zero-order valence-electron chi connectivity index (χ0n) is 16.5. The zero-order chi connectivity index (χ0) is 21.1. The molecule has 0 radical (unpaired) electrons. The SMILES string of the molecule is CC1Oc2cc(NC(=O)c3cccc(Br)c3)ccc2N(CCc2ccccc2)C1=O. The Morgan fingerprint density at radius 1 is 1.07 bits per heavy atom. The summed E-state index contributed by atoms with van der Waals surface area (Å²) in [4.78, 5) is 27.0. The summed E-state index contributed by atoms with van der Waals surface area (Å²) in [5.41, 5.74) is 3.05. The van der Waals surface area contributed by atoms with E-state index in [0.29, 0.717) is 23.5 Å². The van der Waals surface area contributed by atoms with E-state index in [-0.39, 0.29) is 11.8 Å². The number of carbonyl (C=O) groups excluding carboxylic acids is 2. The third kappa shape index (κ3) is 4.39. The third-order valence-electron chi connectivity index (χ3n) is 4.98. The fourth-order valence-electron chi connectivity index (χ4n) is 3.44. The van der Waals surface area contributed by atoms with Crippen molar-refractivity contribution in [1.82, 2.24) is 0 Å². The maximum Gasteiger partial charge on any atom is 0.267 e. The summed E-state index contributed by atoms with van der Waals surface area (Å²) in [6.45, 7) is 2.31. The van der Waals surface area contributed by atoms with Crippen molar-refractivity contribution in [2.45, 2.75) is 19.4 Å². The highest BCUT2D eigenvalue weighted by Crippen LogP contribution is 2.36. The lowest BCUT2D eigenvalue weighted by atomic mass is 10.1. The third-order valence-corrected chi connectivity index (χ3v) is 5.47. The first kappa shape index (κ1) is 20.2. The molecule has 4 rings (SSSR count). The Morgan fingerprint density at radius 2 is 1.87 bits per heavy atom. The van der Waals surface area contributed by atoms with Crippen LogP contribution in [0.3, 0.4) is 0 Å². The number of amides is 2. The van der Waals surface area contributed by atoms with E-state index in [9.17, 15) is 9.59 Å². The van der Waals surface area contributed by atoms with E-state index in [1.54, 1.807) is 36.1 Å². The molecular formula is C24H21BrN2O3. The number of nitrogens with one attached hydrogen (secondary N) is 1. The van der Waals surface area contributed by atoms with Crippen LogP contribution < -0.4 is 15.0 Å². The van der Waals surface area contributed by atoms with E-state index in [2.05, 4.69) is 33.4 Å². The van der Waals surface area contributed by atoms with Crippen molar-refractivity contribution < 1.29 is 14.3 Å². The molecule has 5 nitrogen and oxygen atoms in total. The van der Waals surface area contributed by atoms with E-state index >= 15 is 0 Å². The summed E-state index contributed by atoms with van der Waals surface area (Å²) in [7, 11) is 0. The first-order chi connectivity index (χ1) is 14.5. The molecule has 6 heteroatoms. The summed E-state index contributed by atoms with van der Waals surface area (Å²) in [5, 5.41) is 2.89. The average molecular weight is 465 g/mol. The molecule has 3 aromatic rings. The minimum absolute atomic E-state index is 0.0654. The first-order valence-corrected chi connectivity index (χ1v) is 10.5. The Hall–Kier alpha value is -3.12. The standard InChI is InChI=1S/C24H21BrN2O3/c1-16-24(29)27(13-12-17-6-3-2-4-7-17)21-11-10-20(15-22(21)30-16)26-23(28)18-8-5-9-19(25)14-18/h2-11,14-16H,12-13H2,1H3,(H,26,28). The lowest BCUT2D eigenvalue weighted by Crippen LogP contribution is -2.45. The van der Waals surface area contributed by atoms with Crippen molar-refractivity contribution in [1.29, 1.82) is 0 Å². The van der Waals surface area contributed by atoms with Gasteiger partial charge >= 0.3 is 0 Å². The van der Waals surface area contributed by atoms with Crippen LogP contribution in [0.5, 0.6) is 5.75 Å². The Morgan fingerprint density at radius 3 is 2.63 bits per heavy atom. The summed E-state index contributed by atoms with van der Waals surface area (Å²) >= 11 is 3.38. The minimum atomic E-state index is -0.579. The number of anilines is 2.